The van der Waals surface area contributed by atoms with Crippen molar-refractivity contribution in [2.24, 2.45) is 0 Å². The molecule has 2 aromatic rings. The van der Waals surface area contributed by atoms with Crippen molar-refractivity contribution < 1.29 is 20.1 Å². The van der Waals surface area contributed by atoms with Crippen LogP contribution < -0.4 is 0 Å². The minimum atomic E-state index is 0. The molecule has 0 aliphatic heterocycles. The Hall–Kier alpha value is -0.981. The van der Waals surface area contributed by atoms with Gasteiger partial charge in [0, 0.05) is 26.3 Å². The molecule has 1 aliphatic carbocycles. The molecule has 3 rings (SSSR count). The fourth-order valence-electron chi connectivity index (χ4n) is 3.58. The minimum absolute atomic E-state index is 0. The van der Waals surface area contributed by atoms with Crippen LogP contribution in [0.5, 0.6) is 0 Å². The first-order valence-electron chi connectivity index (χ1n) is 6.88. The van der Waals surface area contributed by atoms with Crippen LogP contribution in [0, 0.1) is 6.07 Å². The van der Waals surface area contributed by atoms with Crippen LogP contribution in [0.2, 0.25) is 0 Å². The molecule has 107 valence electrons. The van der Waals surface area contributed by atoms with E-state index in [9.17, 15) is 0 Å². The van der Waals surface area contributed by atoms with Crippen LogP contribution in [0.15, 0.2) is 36.5 Å². The van der Waals surface area contributed by atoms with E-state index in [1.165, 1.54) is 17.5 Å². The van der Waals surface area contributed by atoms with E-state index in [0.29, 0.717) is 0 Å². The molecule has 20 heavy (non-hydrogen) atoms. The average Bonchev–Trinajstić information content (AvgIpc) is 2.56. The van der Waals surface area contributed by atoms with Crippen molar-refractivity contribution in [3.8, 4) is 11.3 Å². The fourth-order valence-corrected chi connectivity index (χ4v) is 3.58. The van der Waals surface area contributed by atoms with Crippen LogP contribution in [0.1, 0.15) is 45.2 Å². The topological polar surface area (TPSA) is 12.9 Å². The second-order valence-corrected chi connectivity index (χ2v) is 6.83. The maximum atomic E-state index is 4.43. The maximum absolute atomic E-state index is 4.43. The van der Waals surface area contributed by atoms with Gasteiger partial charge in [-0.15, -0.1) is 34.9 Å². The molecule has 1 aromatic carbocycles. The summed E-state index contributed by atoms with van der Waals surface area (Å²) in [5.74, 6) is 0. The van der Waals surface area contributed by atoms with Gasteiger partial charge in [-0.05, 0) is 29.0 Å². The van der Waals surface area contributed by atoms with Crippen LogP contribution in [-0.4, -0.2) is 4.98 Å². The number of hydrogen-bond donors (Lipinski definition) is 0. The van der Waals surface area contributed by atoms with Crippen LogP contribution in [0.25, 0.3) is 11.3 Å². The van der Waals surface area contributed by atoms with Gasteiger partial charge in [-0.2, -0.15) is 0 Å². The molecule has 0 saturated carbocycles. The van der Waals surface area contributed by atoms with Gasteiger partial charge < -0.3 is 4.98 Å². The Morgan fingerprint density at radius 1 is 1.05 bits per heavy atom. The first-order chi connectivity index (χ1) is 8.90. The second-order valence-electron chi connectivity index (χ2n) is 6.83. The number of rotatable bonds is 1. The SMILES string of the molecule is CC1(C)CC(C)(C)c2cc(-c3ccccn3)[c-]cc21.[Ir]. The summed E-state index contributed by atoms with van der Waals surface area (Å²) in [5.41, 5.74) is 5.49. The van der Waals surface area contributed by atoms with Crippen LogP contribution in [0.3, 0.4) is 0 Å². The van der Waals surface area contributed by atoms with Crippen LogP contribution in [-0.2, 0) is 30.9 Å². The smallest absolute Gasteiger partial charge is 0.0160 e. The monoisotopic (exact) mass is 443 g/mol. The molecule has 0 N–H and O–H groups in total. The van der Waals surface area contributed by atoms with Gasteiger partial charge in [-0.25, -0.2) is 0 Å². The standard InChI is InChI=1S/C18H20N.Ir/c1-17(2)12-18(3,4)15-11-13(8-9-14(15)17)16-7-5-6-10-19-16;/h5-7,9-11H,12H2,1-4H3;/q-1;. The van der Waals surface area contributed by atoms with Crippen LogP contribution >= 0.6 is 0 Å². The molecular weight excluding hydrogens is 422 g/mol. The zero-order chi connectivity index (χ0) is 13.7. The first kappa shape index (κ1) is 15.4. The van der Waals surface area contributed by atoms with Crippen molar-refractivity contribution in [3.05, 3.63) is 53.7 Å². The Morgan fingerprint density at radius 2 is 1.75 bits per heavy atom. The predicted octanol–water partition coefficient (Wildman–Crippen LogP) is 4.51. The quantitative estimate of drug-likeness (QED) is 0.593. The third-order valence-corrected chi connectivity index (χ3v) is 4.23. The molecule has 1 aromatic heterocycles. The van der Waals surface area contributed by atoms with Gasteiger partial charge >= 0.3 is 0 Å². The normalized spacial score (nSPS) is 18.2. The Balaban J connectivity index is 0.00000147. The third-order valence-electron chi connectivity index (χ3n) is 4.23. The molecule has 1 nitrogen and oxygen atoms in total. The first-order valence-corrected chi connectivity index (χ1v) is 6.88. The van der Waals surface area contributed by atoms with Gasteiger partial charge in [0.05, 0.1) is 0 Å². The molecule has 0 fully saturated rings. The van der Waals surface area contributed by atoms with Gasteiger partial charge in [0.25, 0.3) is 0 Å². The molecule has 0 unspecified atom stereocenters. The van der Waals surface area contributed by atoms with E-state index in [1.807, 2.05) is 24.4 Å². The van der Waals surface area contributed by atoms with E-state index >= 15 is 0 Å². The molecule has 1 radical (unpaired) electrons. The zero-order valence-corrected chi connectivity index (χ0v) is 14.8. The predicted molar refractivity (Wildman–Crippen MR) is 79.2 cm³/mol. The molecular formula is C18H20IrN-. The van der Waals surface area contributed by atoms with E-state index in [2.05, 4.69) is 50.9 Å². The van der Waals surface area contributed by atoms with Crippen molar-refractivity contribution in [1.29, 1.82) is 0 Å². The number of fused-ring (bicyclic) bond motifs is 1. The summed E-state index contributed by atoms with van der Waals surface area (Å²) >= 11 is 0. The van der Waals surface area contributed by atoms with Crippen molar-refractivity contribution >= 4 is 0 Å². The molecule has 2 heteroatoms. The summed E-state index contributed by atoms with van der Waals surface area (Å²) in [7, 11) is 0. The van der Waals surface area contributed by atoms with Crippen molar-refractivity contribution in [2.45, 2.75) is 44.9 Å². The van der Waals surface area contributed by atoms with Gasteiger partial charge in [0.1, 0.15) is 0 Å². The van der Waals surface area contributed by atoms with E-state index in [0.717, 1.165) is 11.3 Å². The average molecular weight is 443 g/mol. The minimum Gasteiger partial charge on any atom is -0.305 e. The largest absolute Gasteiger partial charge is 0.305 e. The zero-order valence-electron chi connectivity index (χ0n) is 12.5. The van der Waals surface area contributed by atoms with Gasteiger partial charge in [-0.1, -0.05) is 39.8 Å². The number of nitrogens with zero attached hydrogens (tertiary/aromatic N) is 1. The summed E-state index contributed by atoms with van der Waals surface area (Å²) in [4.78, 5) is 4.43. The maximum Gasteiger partial charge on any atom is 0.0160 e. The van der Waals surface area contributed by atoms with Gasteiger partial charge in [0.2, 0.25) is 0 Å². The van der Waals surface area contributed by atoms with Crippen LogP contribution in [0.4, 0.5) is 0 Å². The molecule has 0 atom stereocenters. The summed E-state index contributed by atoms with van der Waals surface area (Å²) in [6, 6.07) is 13.9. The van der Waals surface area contributed by atoms with E-state index < -0.39 is 0 Å². The van der Waals surface area contributed by atoms with Gasteiger partial charge in [-0.3, -0.25) is 0 Å². The molecule has 0 amide bonds. The molecule has 1 heterocycles. The van der Waals surface area contributed by atoms with E-state index in [4.69, 9.17) is 0 Å². The Morgan fingerprint density at radius 3 is 2.40 bits per heavy atom. The molecule has 1 aliphatic rings. The van der Waals surface area contributed by atoms with E-state index in [-0.39, 0.29) is 30.9 Å². The van der Waals surface area contributed by atoms with Crippen molar-refractivity contribution in [1.82, 2.24) is 4.98 Å². The summed E-state index contributed by atoms with van der Waals surface area (Å²) < 4.78 is 0. The molecule has 0 bridgehead atoms. The number of benzene rings is 1. The Kier molecular flexibility index (Phi) is 3.92. The summed E-state index contributed by atoms with van der Waals surface area (Å²) in [6.07, 6.45) is 3.03. The Bertz CT molecular complexity index is 615. The molecule has 0 saturated heterocycles. The van der Waals surface area contributed by atoms with Crippen molar-refractivity contribution in [3.63, 3.8) is 0 Å². The van der Waals surface area contributed by atoms with Crippen molar-refractivity contribution in [2.75, 3.05) is 0 Å². The third kappa shape index (κ3) is 2.47. The number of pyridine rings is 1. The molecule has 0 spiro atoms. The number of aromatic nitrogens is 1. The Labute approximate surface area is 135 Å². The fraction of sp³-hybridized carbons (Fsp3) is 0.389. The summed E-state index contributed by atoms with van der Waals surface area (Å²) in [5, 5.41) is 0. The second kappa shape index (κ2) is 5.09. The van der Waals surface area contributed by atoms with Gasteiger partial charge in [0.15, 0.2) is 0 Å². The number of hydrogen-bond acceptors (Lipinski definition) is 1. The summed E-state index contributed by atoms with van der Waals surface area (Å²) in [6.45, 7) is 9.33. The van der Waals surface area contributed by atoms with E-state index in [1.54, 1.807) is 0 Å².